The van der Waals surface area contributed by atoms with Crippen molar-refractivity contribution in [2.75, 3.05) is 20.6 Å². The first-order valence-electron chi connectivity index (χ1n) is 8.10. The fourth-order valence-electron chi connectivity index (χ4n) is 2.62. The van der Waals surface area contributed by atoms with Gasteiger partial charge in [0.05, 0.1) is 6.54 Å². The summed E-state index contributed by atoms with van der Waals surface area (Å²) in [5.74, 6) is 0.913. The quantitative estimate of drug-likeness (QED) is 0.482. The second-order valence-electron chi connectivity index (χ2n) is 5.99. The molecule has 0 heterocycles. The molecule has 4 heteroatoms. The van der Waals surface area contributed by atoms with Gasteiger partial charge in [-0.1, -0.05) is 36.4 Å². The fourth-order valence-corrected chi connectivity index (χ4v) is 2.62. The van der Waals surface area contributed by atoms with E-state index < -0.39 is 0 Å². The van der Waals surface area contributed by atoms with Gasteiger partial charge < -0.3 is 15.5 Å². The zero-order valence-corrected chi connectivity index (χ0v) is 14.0. The van der Waals surface area contributed by atoms with Crippen LogP contribution in [-0.4, -0.2) is 37.5 Å². The van der Waals surface area contributed by atoms with Gasteiger partial charge in [0.1, 0.15) is 0 Å². The smallest absolute Gasteiger partial charge is 0.191 e. The van der Waals surface area contributed by atoms with Crippen molar-refractivity contribution in [3.05, 3.63) is 47.5 Å². The molecule has 0 saturated carbocycles. The highest BCUT2D eigenvalue weighted by molar-refractivity contribution is 5.80. The number of nitrogens with one attached hydrogen (secondary N) is 2. The van der Waals surface area contributed by atoms with Crippen molar-refractivity contribution in [3.63, 3.8) is 0 Å². The first-order valence-corrected chi connectivity index (χ1v) is 8.10. The van der Waals surface area contributed by atoms with Gasteiger partial charge >= 0.3 is 0 Å². The Morgan fingerprint density at radius 1 is 1.18 bits per heavy atom. The highest BCUT2D eigenvalue weighted by Gasteiger charge is 2.11. The lowest BCUT2D eigenvalue weighted by atomic mass is 10.1. The summed E-state index contributed by atoms with van der Waals surface area (Å²) in [7, 11) is 4.19. The predicted molar refractivity (Wildman–Crippen MR) is 93.9 cm³/mol. The van der Waals surface area contributed by atoms with E-state index >= 15 is 0 Å². The van der Waals surface area contributed by atoms with Crippen LogP contribution in [-0.2, 0) is 13.1 Å². The van der Waals surface area contributed by atoms with Crippen molar-refractivity contribution in [1.82, 2.24) is 15.5 Å². The van der Waals surface area contributed by atoms with E-state index in [0.29, 0.717) is 12.6 Å². The Morgan fingerprint density at radius 3 is 2.50 bits per heavy atom. The molecule has 0 saturated heterocycles. The van der Waals surface area contributed by atoms with Gasteiger partial charge in [0.2, 0.25) is 0 Å². The van der Waals surface area contributed by atoms with E-state index in [1.54, 1.807) is 0 Å². The SMILES string of the molecule is CCNC(=NCc1ccccc1CN(C)C)NC1CC=CC1. The van der Waals surface area contributed by atoms with Crippen molar-refractivity contribution >= 4 is 5.96 Å². The Hall–Kier alpha value is -1.81. The molecular formula is C18H28N4. The molecule has 0 radical (unpaired) electrons. The number of hydrogen-bond donors (Lipinski definition) is 2. The van der Waals surface area contributed by atoms with E-state index in [1.807, 2.05) is 0 Å². The zero-order chi connectivity index (χ0) is 15.8. The van der Waals surface area contributed by atoms with Crippen LogP contribution in [0.3, 0.4) is 0 Å². The van der Waals surface area contributed by atoms with Crippen LogP contribution < -0.4 is 10.6 Å². The van der Waals surface area contributed by atoms with E-state index in [-0.39, 0.29) is 0 Å². The molecule has 1 aliphatic rings. The number of benzene rings is 1. The third kappa shape index (κ3) is 5.19. The Balaban J connectivity index is 2.03. The van der Waals surface area contributed by atoms with Gasteiger partial charge in [-0.2, -0.15) is 0 Å². The van der Waals surface area contributed by atoms with Gasteiger partial charge in [0, 0.05) is 19.1 Å². The number of hydrogen-bond acceptors (Lipinski definition) is 2. The molecule has 2 rings (SSSR count). The molecule has 1 aromatic carbocycles. The molecule has 0 amide bonds. The second kappa shape index (κ2) is 8.59. The number of nitrogens with zero attached hydrogens (tertiary/aromatic N) is 2. The molecule has 0 atom stereocenters. The second-order valence-corrected chi connectivity index (χ2v) is 5.99. The highest BCUT2D eigenvalue weighted by atomic mass is 15.2. The molecule has 120 valence electrons. The van der Waals surface area contributed by atoms with E-state index in [1.165, 1.54) is 11.1 Å². The van der Waals surface area contributed by atoms with Crippen LogP contribution in [0.2, 0.25) is 0 Å². The Kier molecular flexibility index (Phi) is 6.46. The predicted octanol–water partition coefficient (Wildman–Crippen LogP) is 2.52. The monoisotopic (exact) mass is 300 g/mol. The van der Waals surface area contributed by atoms with Crippen LogP contribution in [0.15, 0.2) is 41.4 Å². The van der Waals surface area contributed by atoms with E-state index in [2.05, 4.69) is 73.0 Å². The molecule has 4 nitrogen and oxygen atoms in total. The average molecular weight is 300 g/mol. The van der Waals surface area contributed by atoms with Gasteiger partial charge in [0.15, 0.2) is 5.96 Å². The minimum atomic E-state index is 0.481. The number of guanidine groups is 1. The standard InChI is InChI=1S/C18H28N4/c1-4-19-18(21-17-11-7-8-12-17)20-13-15-9-5-6-10-16(15)14-22(2)3/h5-10,17H,4,11-14H2,1-3H3,(H2,19,20,21). The third-order valence-corrected chi connectivity index (χ3v) is 3.71. The summed E-state index contributed by atoms with van der Waals surface area (Å²) >= 11 is 0. The molecule has 0 spiro atoms. The van der Waals surface area contributed by atoms with Crippen LogP contribution in [0.5, 0.6) is 0 Å². The summed E-state index contributed by atoms with van der Waals surface area (Å²) in [5.41, 5.74) is 2.63. The van der Waals surface area contributed by atoms with Crippen LogP contribution in [0.4, 0.5) is 0 Å². The van der Waals surface area contributed by atoms with Gasteiger partial charge in [-0.05, 0) is 45.0 Å². The van der Waals surface area contributed by atoms with E-state index in [9.17, 15) is 0 Å². The third-order valence-electron chi connectivity index (χ3n) is 3.71. The first-order chi connectivity index (χ1) is 10.7. The van der Waals surface area contributed by atoms with Gasteiger partial charge in [-0.3, -0.25) is 0 Å². The maximum absolute atomic E-state index is 4.76. The average Bonchev–Trinajstić information content (AvgIpc) is 2.99. The Morgan fingerprint density at radius 2 is 1.86 bits per heavy atom. The summed E-state index contributed by atoms with van der Waals surface area (Å²) in [5, 5.41) is 6.85. The molecule has 0 fully saturated rings. The van der Waals surface area contributed by atoms with E-state index in [0.717, 1.165) is 31.9 Å². The molecular weight excluding hydrogens is 272 g/mol. The summed E-state index contributed by atoms with van der Waals surface area (Å²) in [6, 6.07) is 9.02. The van der Waals surface area contributed by atoms with Crippen molar-refractivity contribution in [2.24, 2.45) is 4.99 Å². The normalized spacial score (nSPS) is 15.5. The van der Waals surface area contributed by atoms with Crippen molar-refractivity contribution in [3.8, 4) is 0 Å². The molecule has 1 aromatic rings. The summed E-state index contributed by atoms with van der Waals surface area (Å²) in [6.07, 6.45) is 6.63. The Labute approximate surface area is 134 Å². The number of rotatable bonds is 6. The summed E-state index contributed by atoms with van der Waals surface area (Å²) in [6.45, 7) is 4.64. The van der Waals surface area contributed by atoms with Gasteiger partial charge in [-0.25, -0.2) is 4.99 Å². The molecule has 1 aliphatic carbocycles. The van der Waals surface area contributed by atoms with Gasteiger partial charge in [-0.15, -0.1) is 0 Å². The maximum atomic E-state index is 4.76. The largest absolute Gasteiger partial charge is 0.357 e. The topological polar surface area (TPSA) is 39.7 Å². The molecule has 0 unspecified atom stereocenters. The lowest BCUT2D eigenvalue weighted by molar-refractivity contribution is 0.401. The molecule has 0 aromatic heterocycles. The lowest BCUT2D eigenvalue weighted by Gasteiger charge is -2.17. The molecule has 0 bridgehead atoms. The van der Waals surface area contributed by atoms with Crippen molar-refractivity contribution < 1.29 is 0 Å². The van der Waals surface area contributed by atoms with E-state index in [4.69, 9.17) is 4.99 Å². The number of aliphatic imine (C=N–C) groups is 1. The highest BCUT2D eigenvalue weighted by Crippen LogP contribution is 2.12. The van der Waals surface area contributed by atoms with Crippen LogP contribution >= 0.6 is 0 Å². The van der Waals surface area contributed by atoms with Crippen molar-refractivity contribution in [1.29, 1.82) is 0 Å². The van der Waals surface area contributed by atoms with Crippen LogP contribution in [0.1, 0.15) is 30.9 Å². The van der Waals surface area contributed by atoms with Crippen molar-refractivity contribution in [2.45, 2.75) is 38.9 Å². The minimum Gasteiger partial charge on any atom is -0.357 e. The molecule has 0 aliphatic heterocycles. The van der Waals surface area contributed by atoms with Crippen LogP contribution in [0, 0.1) is 0 Å². The summed E-state index contributed by atoms with van der Waals surface area (Å²) in [4.78, 5) is 6.95. The fraction of sp³-hybridized carbons (Fsp3) is 0.500. The Bertz CT molecular complexity index is 512. The maximum Gasteiger partial charge on any atom is 0.191 e. The molecule has 2 N–H and O–H groups in total. The minimum absolute atomic E-state index is 0.481. The van der Waals surface area contributed by atoms with Gasteiger partial charge in [0.25, 0.3) is 0 Å². The van der Waals surface area contributed by atoms with Crippen LogP contribution in [0.25, 0.3) is 0 Å². The first kappa shape index (κ1) is 16.6. The summed E-state index contributed by atoms with van der Waals surface area (Å²) < 4.78 is 0. The zero-order valence-electron chi connectivity index (χ0n) is 14.0. The molecule has 22 heavy (non-hydrogen) atoms. The lowest BCUT2D eigenvalue weighted by Crippen LogP contribution is -2.42.